The van der Waals surface area contributed by atoms with Gasteiger partial charge in [0.05, 0.1) is 42.1 Å². The number of nitrogens with zero attached hydrogens (tertiary/aromatic N) is 4. The fraction of sp³-hybridized carbons (Fsp3) is 0.375. The van der Waals surface area contributed by atoms with Gasteiger partial charge in [-0.3, -0.25) is 0 Å². The van der Waals surface area contributed by atoms with Gasteiger partial charge in [-0.15, -0.1) is 5.10 Å². The highest BCUT2D eigenvalue weighted by Crippen LogP contribution is 2.41. The van der Waals surface area contributed by atoms with Crippen molar-refractivity contribution in [3.05, 3.63) is 58.3 Å². The monoisotopic (exact) mass is 455 g/mol. The lowest BCUT2D eigenvalue weighted by atomic mass is 9.98. The molecule has 0 radical (unpaired) electrons. The lowest BCUT2D eigenvalue weighted by molar-refractivity contribution is -0.137. The third-order valence-corrected chi connectivity index (χ3v) is 6.05. The molecule has 0 amide bonds. The number of ether oxygens (including phenoxy) is 1. The van der Waals surface area contributed by atoms with E-state index in [2.05, 4.69) is 21.6 Å². The molecule has 6 nitrogen and oxygen atoms in total. The second-order valence-electron chi connectivity index (χ2n) is 8.14. The summed E-state index contributed by atoms with van der Waals surface area (Å²) in [5.74, 6) is 0.396. The molecule has 0 spiro atoms. The summed E-state index contributed by atoms with van der Waals surface area (Å²) >= 11 is 0. The summed E-state index contributed by atoms with van der Waals surface area (Å²) in [6.45, 7) is 6.95. The number of hydrogen-bond acceptors (Lipinski definition) is 6. The van der Waals surface area contributed by atoms with Crippen LogP contribution in [0.25, 0.3) is 10.8 Å². The molecule has 0 saturated carbocycles. The van der Waals surface area contributed by atoms with Crippen LogP contribution < -0.4 is 10.2 Å². The van der Waals surface area contributed by atoms with Crippen molar-refractivity contribution < 1.29 is 17.9 Å². The minimum absolute atomic E-state index is 0.115. The first kappa shape index (κ1) is 22.8. The molecule has 1 atom stereocenters. The van der Waals surface area contributed by atoms with Crippen molar-refractivity contribution in [2.24, 2.45) is 0 Å². The van der Waals surface area contributed by atoms with Gasteiger partial charge in [0.1, 0.15) is 0 Å². The predicted molar refractivity (Wildman–Crippen MR) is 120 cm³/mol. The summed E-state index contributed by atoms with van der Waals surface area (Å²) in [4.78, 5) is 1.70. The van der Waals surface area contributed by atoms with E-state index in [1.807, 2.05) is 26.0 Å². The van der Waals surface area contributed by atoms with E-state index in [-0.39, 0.29) is 11.7 Å². The second kappa shape index (κ2) is 8.87. The van der Waals surface area contributed by atoms with Gasteiger partial charge in [0.2, 0.25) is 0 Å². The average molecular weight is 455 g/mol. The maximum absolute atomic E-state index is 14.0. The van der Waals surface area contributed by atoms with Gasteiger partial charge in [-0.25, -0.2) is 0 Å². The smallest absolute Gasteiger partial charge is 0.378 e. The Bertz CT molecular complexity index is 1230. The second-order valence-corrected chi connectivity index (χ2v) is 8.14. The van der Waals surface area contributed by atoms with Crippen molar-refractivity contribution in [1.29, 1.82) is 5.26 Å². The SMILES string of the molecule is Cc1c(C#N)cccc1[C@@H](C)Nc1nnc(C)c2cc(C(F)(F)F)c(N3CCOCC3)cc12. The molecule has 1 aliphatic heterocycles. The van der Waals surface area contributed by atoms with Gasteiger partial charge in [-0.2, -0.15) is 23.5 Å². The molecule has 0 bridgehead atoms. The van der Waals surface area contributed by atoms with Gasteiger partial charge >= 0.3 is 6.18 Å². The Balaban J connectivity index is 1.83. The van der Waals surface area contributed by atoms with Crippen LogP contribution in [-0.4, -0.2) is 36.5 Å². The minimum Gasteiger partial charge on any atom is -0.378 e. The fourth-order valence-corrected chi connectivity index (χ4v) is 4.24. The van der Waals surface area contributed by atoms with Crippen molar-refractivity contribution in [3.63, 3.8) is 0 Å². The van der Waals surface area contributed by atoms with Crippen LogP contribution in [-0.2, 0) is 10.9 Å². The first-order valence-corrected chi connectivity index (χ1v) is 10.7. The van der Waals surface area contributed by atoms with Gasteiger partial charge < -0.3 is 15.0 Å². The number of aryl methyl sites for hydroxylation is 1. The average Bonchev–Trinajstić information content (AvgIpc) is 2.80. The number of aromatic nitrogens is 2. The van der Waals surface area contributed by atoms with E-state index in [9.17, 15) is 18.4 Å². The number of hydrogen-bond donors (Lipinski definition) is 1. The maximum atomic E-state index is 14.0. The predicted octanol–water partition coefficient (Wildman–Crippen LogP) is 5.15. The first-order valence-electron chi connectivity index (χ1n) is 10.7. The number of halogens is 3. The normalized spacial score (nSPS) is 15.4. The highest BCUT2D eigenvalue weighted by molar-refractivity contribution is 5.96. The van der Waals surface area contributed by atoms with E-state index >= 15 is 0 Å². The Labute approximate surface area is 190 Å². The summed E-state index contributed by atoms with van der Waals surface area (Å²) in [6.07, 6.45) is -4.51. The van der Waals surface area contributed by atoms with E-state index in [4.69, 9.17) is 4.74 Å². The fourth-order valence-electron chi connectivity index (χ4n) is 4.24. The van der Waals surface area contributed by atoms with Crippen LogP contribution in [0.4, 0.5) is 24.7 Å². The molecule has 1 N–H and O–H groups in total. The third kappa shape index (κ3) is 4.44. The Morgan fingerprint density at radius 1 is 1.12 bits per heavy atom. The van der Waals surface area contributed by atoms with Gasteiger partial charge in [0.25, 0.3) is 0 Å². The molecule has 4 rings (SSSR count). The van der Waals surface area contributed by atoms with Crippen molar-refractivity contribution >= 4 is 22.3 Å². The molecule has 33 heavy (non-hydrogen) atoms. The Morgan fingerprint density at radius 2 is 1.85 bits per heavy atom. The molecule has 3 aromatic rings. The number of benzene rings is 2. The lowest BCUT2D eigenvalue weighted by Gasteiger charge is -2.31. The Morgan fingerprint density at radius 3 is 2.52 bits per heavy atom. The summed E-state index contributed by atoms with van der Waals surface area (Å²) < 4.78 is 47.3. The molecule has 2 aromatic carbocycles. The Hall–Kier alpha value is -3.38. The molecule has 1 saturated heterocycles. The van der Waals surface area contributed by atoms with Crippen LogP contribution in [0.1, 0.15) is 40.9 Å². The molecular weight excluding hydrogens is 431 g/mol. The summed E-state index contributed by atoms with van der Waals surface area (Å²) in [6, 6.07) is 10.1. The molecule has 172 valence electrons. The van der Waals surface area contributed by atoms with Gasteiger partial charge in [-0.05, 0) is 50.1 Å². The Kier molecular flexibility index (Phi) is 6.13. The molecule has 0 aliphatic carbocycles. The topological polar surface area (TPSA) is 74.1 Å². The van der Waals surface area contributed by atoms with Gasteiger partial charge in [0.15, 0.2) is 5.82 Å². The number of nitrogens with one attached hydrogen (secondary N) is 1. The molecular formula is C24H24F3N5O. The van der Waals surface area contributed by atoms with Gasteiger partial charge in [0, 0.05) is 29.5 Å². The highest BCUT2D eigenvalue weighted by Gasteiger charge is 2.36. The van der Waals surface area contributed by atoms with Crippen LogP contribution >= 0.6 is 0 Å². The molecule has 1 aromatic heterocycles. The van der Waals surface area contributed by atoms with Crippen molar-refractivity contribution in [2.45, 2.75) is 33.0 Å². The zero-order valence-corrected chi connectivity index (χ0v) is 18.6. The van der Waals surface area contributed by atoms with E-state index in [0.717, 1.165) is 11.1 Å². The van der Waals surface area contributed by atoms with Crippen LogP contribution in [0.2, 0.25) is 0 Å². The number of nitriles is 1. The standard InChI is InChI=1S/C24H24F3N5O/c1-14-17(13-28)5-4-6-18(14)15(2)29-23-20-12-22(32-7-9-33-10-8-32)21(24(25,26)27)11-19(20)16(3)30-31-23/h4-6,11-12,15H,7-10H2,1-3H3,(H,29,31)/t15-/m1/s1. The van der Waals surface area contributed by atoms with Crippen LogP contribution in [0.15, 0.2) is 30.3 Å². The van der Waals surface area contributed by atoms with Crippen LogP contribution in [0, 0.1) is 25.2 Å². The summed E-state index contributed by atoms with van der Waals surface area (Å²) in [7, 11) is 0. The van der Waals surface area contributed by atoms with E-state index in [0.29, 0.717) is 54.2 Å². The van der Waals surface area contributed by atoms with Crippen molar-refractivity contribution in [2.75, 3.05) is 36.5 Å². The zero-order chi connectivity index (χ0) is 23.8. The van der Waals surface area contributed by atoms with E-state index in [1.165, 1.54) is 6.07 Å². The third-order valence-electron chi connectivity index (χ3n) is 6.05. The maximum Gasteiger partial charge on any atom is 0.418 e. The largest absolute Gasteiger partial charge is 0.418 e. The lowest BCUT2D eigenvalue weighted by Crippen LogP contribution is -2.37. The van der Waals surface area contributed by atoms with Crippen LogP contribution in [0.3, 0.4) is 0 Å². The quantitative estimate of drug-likeness (QED) is 0.587. The number of fused-ring (bicyclic) bond motifs is 1. The van der Waals surface area contributed by atoms with E-state index in [1.54, 1.807) is 24.0 Å². The highest BCUT2D eigenvalue weighted by atomic mass is 19.4. The number of morpholine rings is 1. The number of rotatable bonds is 4. The zero-order valence-electron chi connectivity index (χ0n) is 18.6. The molecule has 0 unspecified atom stereocenters. The van der Waals surface area contributed by atoms with Crippen molar-refractivity contribution in [3.8, 4) is 6.07 Å². The molecule has 2 heterocycles. The molecule has 1 fully saturated rings. The van der Waals surface area contributed by atoms with Crippen LogP contribution in [0.5, 0.6) is 0 Å². The van der Waals surface area contributed by atoms with Gasteiger partial charge in [-0.1, -0.05) is 12.1 Å². The van der Waals surface area contributed by atoms with E-state index < -0.39 is 11.7 Å². The first-order chi connectivity index (χ1) is 15.7. The summed E-state index contributed by atoms with van der Waals surface area (Å²) in [5, 5.41) is 22.0. The minimum atomic E-state index is -4.51. The molecule has 1 aliphatic rings. The van der Waals surface area contributed by atoms with Crippen molar-refractivity contribution in [1.82, 2.24) is 10.2 Å². The summed E-state index contributed by atoms with van der Waals surface area (Å²) in [5.41, 5.74) is 2.17. The molecule has 9 heteroatoms. The number of anilines is 2. The number of alkyl halides is 3.